The van der Waals surface area contributed by atoms with Crippen molar-refractivity contribution in [2.45, 2.75) is 25.4 Å². The van der Waals surface area contributed by atoms with Crippen LogP contribution in [0, 0.1) is 0 Å². The summed E-state index contributed by atoms with van der Waals surface area (Å²) in [5.41, 5.74) is 0. The Morgan fingerprint density at radius 2 is 2.46 bits per heavy atom. The van der Waals surface area contributed by atoms with E-state index in [0.29, 0.717) is 18.4 Å². The lowest BCUT2D eigenvalue weighted by atomic mass is 10.6. The normalized spacial score (nSPS) is 15.4. The molecule has 0 bridgehead atoms. The Morgan fingerprint density at radius 1 is 1.62 bits per heavy atom. The summed E-state index contributed by atoms with van der Waals surface area (Å²) in [6, 6.07) is 0.192. The molecule has 0 aliphatic heterocycles. The van der Waals surface area contributed by atoms with E-state index in [1.807, 2.05) is 0 Å². The zero-order chi connectivity index (χ0) is 9.10. The highest BCUT2D eigenvalue weighted by molar-refractivity contribution is 5.74. The van der Waals surface area contributed by atoms with Crippen molar-refractivity contribution < 1.29 is 4.79 Å². The summed E-state index contributed by atoms with van der Waals surface area (Å²) in [6.45, 7) is 0.301. The first-order valence-electron chi connectivity index (χ1n) is 4.11. The van der Waals surface area contributed by atoms with Crippen LogP contribution >= 0.6 is 0 Å². The Kier molecular flexibility index (Phi) is 2.07. The lowest BCUT2D eigenvalue weighted by Gasteiger charge is -2.02. The van der Waals surface area contributed by atoms with Crippen molar-refractivity contribution in [2.75, 3.05) is 0 Å². The van der Waals surface area contributed by atoms with E-state index in [1.54, 1.807) is 0 Å². The third kappa shape index (κ3) is 2.39. The van der Waals surface area contributed by atoms with Gasteiger partial charge in [-0.3, -0.25) is 0 Å². The Hall–Kier alpha value is -1.66. The van der Waals surface area contributed by atoms with Crippen LogP contribution in [0.15, 0.2) is 0 Å². The van der Waals surface area contributed by atoms with Crippen molar-refractivity contribution in [2.24, 2.45) is 0 Å². The fourth-order valence-corrected chi connectivity index (χ4v) is 0.881. The summed E-state index contributed by atoms with van der Waals surface area (Å²) < 4.78 is 0. The molecular weight excluding hydrogens is 172 g/mol. The van der Waals surface area contributed by atoms with Gasteiger partial charge in [0.05, 0.1) is 6.54 Å². The minimum atomic E-state index is -0.174. The van der Waals surface area contributed by atoms with E-state index < -0.39 is 0 Å². The molecule has 7 nitrogen and oxygen atoms in total. The number of hydrogen-bond acceptors (Lipinski definition) is 4. The molecule has 70 valence electrons. The van der Waals surface area contributed by atoms with Gasteiger partial charge in [0.1, 0.15) is 0 Å². The molecule has 2 amide bonds. The van der Waals surface area contributed by atoms with E-state index in [0.717, 1.165) is 12.8 Å². The largest absolute Gasteiger partial charge is 0.335 e. The predicted molar refractivity (Wildman–Crippen MR) is 42.6 cm³/mol. The minimum Gasteiger partial charge on any atom is -0.335 e. The third-order valence-corrected chi connectivity index (χ3v) is 1.71. The van der Waals surface area contributed by atoms with E-state index >= 15 is 0 Å². The number of nitrogens with one attached hydrogen (secondary N) is 3. The average Bonchev–Trinajstić information content (AvgIpc) is 2.78. The first kappa shape index (κ1) is 7.96. The number of rotatable bonds is 3. The van der Waals surface area contributed by atoms with Crippen molar-refractivity contribution in [3.05, 3.63) is 5.82 Å². The summed E-state index contributed by atoms with van der Waals surface area (Å²) >= 11 is 0. The highest BCUT2D eigenvalue weighted by Gasteiger charge is 2.22. The number of aromatic amines is 1. The smallest absolute Gasteiger partial charge is 0.315 e. The van der Waals surface area contributed by atoms with Gasteiger partial charge in [-0.1, -0.05) is 5.21 Å². The molecule has 1 heterocycles. The van der Waals surface area contributed by atoms with Crippen LogP contribution in [0.1, 0.15) is 18.7 Å². The first-order valence-corrected chi connectivity index (χ1v) is 4.11. The molecule has 0 radical (unpaired) electrons. The molecule has 2 rings (SSSR count). The van der Waals surface area contributed by atoms with Crippen LogP contribution in [0.4, 0.5) is 4.79 Å². The summed E-state index contributed by atoms with van der Waals surface area (Å²) in [4.78, 5) is 11.1. The van der Waals surface area contributed by atoms with Gasteiger partial charge in [-0.2, -0.15) is 5.21 Å². The second-order valence-electron chi connectivity index (χ2n) is 2.93. The highest BCUT2D eigenvalue weighted by atomic mass is 16.2. The standard InChI is InChI=1S/C6H10N6O/c13-6(8-4-1-2-4)7-3-5-9-11-12-10-5/h4H,1-3H2,(H2,7,8,13)(H,9,10,11,12). The van der Waals surface area contributed by atoms with Gasteiger partial charge in [0.15, 0.2) is 5.82 Å². The van der Waals surface area contributed by atoms with Crippen LogP contribution in [-0.4, -0.2) is 32.7 Å². The highest BCUT2D eigenvalue weighted by Crippen LogP contribution is 2.18. The minimum absolute atomic E-state index is 0.174. The van der Waals surface area contributed by atoms with E-state index in [2.05, 4.69) is 31.3 Å². The molecule has 0 saturated heterocycles. The van der Waals surface area contributed by atoms with Gasteiger partial charge in [0.2, 0.25) is 0 Å². The van der Waals surface area contributed by atoms with Crippen LogP contribution < -0.4 is 10.6 Å². The maximum atomic E-state index is 11.1. The van der Waals surface area contributed by atoms with Crippen LogP contribution in [0.25, 0.3) is 0 Å². The van der Waals surface area contributed by atoms with E-state index in [9.17, 15) is 4.79 Å². The monoisotopic (exact) mass is 182 g/mol. The van der Waals surface area contributed by atoms with Crippen molar-refractivity contribution in [3.63, 3.8) is 0 Å². The number of H-pyrrole nitrogens is 1. The van der Waals surface area contributed by atoms with Gasteiger partial charge in [0.25, 0.3) is 0 Å². The zero-order valence-corrected chi connectivity index (χ0v) is 6.95. The summed E-state index contributed by atoms with van der Waals surface area (Å²) in [5.74, 6) is 0.478. The van der Waals surface area contributed by atoms with Gasteiger partial charge in [0, 0.05) is 6.04 Å². The average molecular weight is 182 g/mol. The molecule has 1 aliphatic rings. The molecular formula is C6H10N6O. The van der Waals surface area contributed by atoms with Crippen LogP contribution in [-0.2, 0) is 6.54 Å². The third-order valence-electron chi connectivity index (χ3n) is 1.71. The molecule has 0 spiro atoms. The summed E-state index contributed by atoms with van der Waals surface area (Å²) in [7, 11) is 0. The molecule has 1 aliphatic carbocycles. The number of carbonyl (C=O) groups excluding carboxylic acids is 1. The number of urea groups is 1. The fraction of sp³-hybridized carbons (Fsp3) is 0.667. The van der Waals surface area contributed by atoms with E-state index in [4.69, 9.17) is 0 Å². The molecule has 7 heteroatoms. The Morgan fingerprint density at radius 3 is 3.08 bits per heavy atom. The molecule has 1 fully saturated rings. The maximum absolute atomic E-state index is 11.1. The topological polar surface area (TPSA) is 95.6 Å². The van der Waals surface area contributed by atoms with Gasteiger partial charge in [-0.15, -0.1) is 10.2 Å². The quantitative estimate of drug-likeness (QED) is 0.568. The number of amides is 2. The van der Waals surface area contributed by atoms with Gasteiger partial charge in [-0.25, -0.2) is 4.79 Å². The number of hydrogen-bond donors (Lipinski definition) is 3. The van der Waals surface area contributed by atoms with E-state index in [-0.39, 0.29) is 6.03 Å². The lowest BCUT2D eigenvalue weighted by molar-refractivity contribution is 0.240. The van der Waals surface area contributed by atoms with Crippen LogP contribution in [0.5, 0.6) is 0 Å². The van der Waals surface area contributed by atoms with Crippen molar-refractivity contribution in [1.29, 1.82) is 0 Å². The number of carbonyl (C=O) groups is 1. The van der Waals surface area contributed by atoms with Crippen LogP contribution in [0.3, 0.4) is 0 Å². The van der Waals surface area contributed by atoms with Crippen molar-refractivity contribution in [3.8, 4) is 0 Å². The number of nitrogens with zero attached hydrogens (tertiary/aromatic N) is 3. The number of aromatic nitrogens is 4. The molecule has 3 N–H and O–H groups in total. The predicted octanol–water partition coefficient (Wildman–Crippen LogP) is -0.839. The Balaban J connectivity index is 1.69. The first-order chi connectivity index (χ1) is 6.34. The maximum Gasteiger partial charge on any atom is 0.315 e. The van der Waals surface area contributed by atoms with Gasteiger partial charge in [-0.05, 0) is 12.8 Å². The lowest BCUT2D eigenvalue weighted by Crippen LogP contribution is -2.36. The van der Waals surface area contributed by atoms with E-state index in [1.165, 1.54) is 0 Å². The summed E-state index contributed by atoms with van der Waals surface area (Å²) in [6.07, 6.45) is 2.16. The molecule has 13 heavy (non-hydrogen) atoms. The van der Waals surface area contributed by atoms with Crippen molar-refractivity contribution >= 4 is 6.03 Å². The van der Waals surface area contributed by atoms with Crippen molar-refractivity contribution in [1.82, 2.24) is 31.3 Å². The van der Waals surface area contributed by atoms with Crippen LogP contribution in [0.2, 0.25) is 0 Å². The molecule has 0 unspecified atom stereocenters. The molecule has 1 aromatic heterocycles. The Labute approximate surface area is 74.3 Å². The number of tetrazole rings is 1. The second-order valence-corrected chi connectivity index (χ2v) is 2.93. The Bertz CT molecular complexity index is 279. The molecule has 0 atom stereocenters. The fourth-order valence-electron chi connectivity index (χ4n) is 0.881. The summed E-state index contributed by atoms with van der Waals surface area (Å²) in [5, 5.41) is 18.5. The van der Waals surface area contributed by atoms with Gasteiger partial charge >= 0.3 is 6.03 Å². The zero-order valence-electron chi connectivity index (χ0n) is 6.95. The molecule has 0 aromatic carbocycles. The molecule has 1 saturated carbocycles. The van der Waals surface area contributed by atoms with Gasteiger partial charge < -0.3 is 10.6 Å². The molecule has 1 aromatic rings. The SMILES string of the molecule is O=C(NCc1nn[nH]n1)NC1CC1. The second kappa shape index (κ2) is 3.38.